The quantitative estimate of drug-likeness (QED) is 0.730. The van der Waals surface area contributed by atoms with Crippen molar-refractivity contribution >= 4 is 46.6 Å². The van der Waals surface area contributed by atoms with E-state index in [1.54, 1.807) is 17.8 Å². The topological polar surface area (TPSA) is 32.3 Å². The summed E-state index contributed by atoms with van der Waals surface area (Å²) < 4.78 is 0. The standard InChI is InChI=1S/C18H20Cl2N2OS/c1-22(15-5-3-2-4-6-15)10-9-21-18(23)13-24-12-14-7-8-16(19)17(20)11-14/h2-8,11H,9-10,12-13H2,1H3,(H,21,23). The minimum atomic E-state index is 0.0431. The fourth-order valence-electron chi connectivity index (χ4n) is 2.12. The molecule has 1 N–H and O–H groups in total. The summed E-state index contributed by atoms with van der Waals surface area (Å²) >= 11 is 13.4. The van der Waals surface area contributed by atoms with E-state index in [1.807, 2.05) is 37.4 Å². The van der Waals surface area contributed by atoms with Gasteiger partial charge in [-0.1, -0.05) is 47.5 Å². The van der Waals surface area contributed by atoms with Gasteiger partial charge in [-0.25, -0.2) is 0 Å². The van der Waals surface area contributed by atoms with Crippen LogP contribution in [-0.2, 0) is 10.5 Å². The minimum absolute atomic E-state index is 0.0431. The molecule has 2 aromatic rings. The molecular formula is C18H20Cl2N2OS. The number of nitrogens with zero attached hydrogens (tertiary/aromatic N) is 1. The zero-order valence-electron chi connectivity index (χ0n) is 13.5. The van der Waals surface area contributed by atoms with Gasteiger partial charge in [0.1, 0.15) is 0 Å². The molecule has 3 nitrogen and oxygen atoms in total. The van der Waals surface area contributed by atoms with Crippen molar-refractivity contribution in [1.82, 2.24) is 5.32 Å². The molecule has 0 atom stereocenters. The van der Waals surface area contributed by atoms with Crippen molar-refractivity contribution < 1.29 is 4.79 Å². The lowest BCUT2D eigenvalue weighted by Gasteiger charge is -2.19. The molecule has 6 heteroatoms. The Labute approximate surface area is 157 Å². The molecule has 0 saturated carbocycles. The maximum Gasteiger partial charge on any atom is 0.230 e. The number of likely N-dealkylation sites (N-methyl/N-ethyl adjacent to an activating group) is 1. The van der Waals surface area contributed by atoms with E-state index in [4.69, 9.17) is 23.2 Å². The van der Waals surface area contributed by atoms with Crippen LogP contribution in [0.2, 0.25) is 10.0 Å². The molecule has 128 valence electrons. The largest absolute Gasteiger partial charge is 0.373 e. The van der Waals surface area contributed by atoms with Crippen molar-refractivity contribution in [2.75, 3.05) is 30.8 Å². The summed E-state index contributed by atoms with van der Waals surface area (Å²) in [6, 6.07) is 15.6. The SMILES string of the molecule is CN(CCNC(=O)CSCc1ccc(Cl)c(Cl)c1)c1ccccc1. The number of carbonyl (C=O) groups excluding carboxylic acids is 1. The van der Waals surface area contributed by atoms with Crippen LogP contribution in [0.15, 0.2) is 48.5 Å². The average Bonchev–Trinajstić information content (AvgIpc) is 2.59. The van der Waals surface area contributed by atoms with Crippen LogP contribution in [-0.4, -0.2) is 31.8 Å². The molecular weight excluding hydrogens is 363 g/mol. The first-order valence-corrected chi connectivity index (χ1v) is 9.52. The molecule has 0 spiro atoms. The summed E-state index contributed by atoms with van der Waals surface area (Å²) in [5, 5.41) is 4.03. The van der Waals surface area contributed by atoms with Gasteiger partial charge in [0.2, 0.25) is 5.91 Å². The van der Waals surface area contributed by atoms with Gasteiger partial charge in [0.25, 0.3) is 0 Å². The fraction of sp³-hybridized carbons (Fsp3) is 0.278. The van der Waals surface area contributed by atoms with Gasteiger partial charge in [-0.15, -0.1) is 11.8 Å². The lowest BCUT2D eigenvalue weighted by atomic mass is 10.2. The number of thioether (sulfide) groups is 1. The monoisotopic (exact) mass is 382 g/mol. The summed E-state index contributed by atoms with van der Waals surface area (Å²) in [6.07, 6.45) is 0. The van der Waals surface area contributed by atoms with Crippen LogP contribution in [0.25, 0.3) is 0 Å². The Bertz CT molecular complexity index is 667. The van der Waals surface area contributed by atoms with Gasteiger partial charge in [0.15, 0.2) is 0 Å². The molecule has 2 aromatic carbocycles. The van der Waals surface area contributed by atoms with Crippen LogP contribution in [0.4, 0.5) is 5.69 Å². The molecule has 0 aliphatic heterocycles. The molecule has 0 bridgehead atoms. The van der Waals surface area contributed by atoms with Crippen LogP contribution >= 0.6 is 35.0 Å². The molecule has 0 radical (unpaired) electrons. The highest BCUT2D eigenvalue weighted by molar-refractivity contribution is 7.99. The highest BCUT2D eigenvalue weighted by Crippen LogP contribution is 2.24. The van der Waals surface area contributed by atoms with E-state index in [2.05, 4.69) is 22.3 Å². The molecule has 0 aromatic heterocycles. The Morgan fingerprint density at radius 1 is 1.12 bits per heavy atom. The first-order valence-electron chi connectivity index (χ1n) is 7.61. The molecule has 0 aliphatic rings. The number of anilines is 1. The fourth-order valence-corrected chi connectivity index (χ4v) is 3.24. The Balaban J connectivity index is 1.64. The number of benzene rings is 2. The third-order valence-corrected chi connectivity index (χ3v) is 5.20. The first kappa shape index (κ1) is 19.0. The van der Waals surface area contributed by atoms with Gasteiger partial charge in [0.05, 0.1) is 15.8 Å². The van der Waals surface area contributed by atoms with E-state index >= 15 is 0 Å². The van der Waals surface area contributed by atoms with Gasteiger partial charge in [-0.2, -0.15) is 0 Å². The number of hydrogen-bond donors (Lipinski definition) is 1. The molecule has 0 saturated heterocycles. The number of hydrogen-bond acceptors (Lipinski definition) is 3. The highest BCUT2D eigenvalue weighted by atomic mass is 35.5. The molecule has 2 rings (SSSR count). The number of rotatable bonds is 8. The van der Waals surface area contributed by atoms with Crippen molar-refractivity contribution in [3.63, 3.8) is 0 Å². The summed E-state index contributed by atoms with van der Waals surface area (Å²) in [7, 11) is 2.01. The van der Waals surface area contributed by atoms with Crippen LogP contribution in [0.5, 0.6) is 0 Å². The van der Waals surface area contributed by atoms with Gasteiger partial charge in [-0.3, -0.25) is 4.79 Å². The molecule has 0 heterocycles. The van der Waals surface area contributed by atoms with E-state index in [-0.39, 0.29) is 5.91 Å². The van der Waals surface area contributed by atoms with Crippen molar-refractivity contribution in [2.24, 2.45) is 0 Å². The minimum Gasteiger partial charge on any atom is -0.373 e. The van der Waals surface area contributed by atoms with Gasteiger partial charge in [0, 0.05) is 31.6 Å². The van der Waals surface area contributed by atoms with Crippen molar-refractivity contribution in [1.29, 1.82) is 0 Å². The van der Waals surface area contributed by atoms with Gasteiger partial charge < -0.3 is 10.2 Å². The Hall–Kier alpha value is -1.36. The van der Waals surface area contributed by atoms with E-state index in [9.17, 15) is 4.79 Å². The zero-order chi connectivity index (χ0) is 17.4. The number of para-hydroxylation sites is 1. The third kappa shape index (κ3) is 6.27. The summed E-state index contributed by atoms with van der Waals surface area (Å²) in [4.78, 5) is 14.0. The van der Waals surface area contributed by atoms with Crippen molar-refractivity contribution in [2.45, 2.75) is 5.75 Å². The lowest BCUT2D eigenvalue weighted by Crippen LogP contribution is -2.33. The predicted molar refractivity (Wildman–Crippen MR) is 105 cm³/mol. The maximum atomic E-state index is 11.9. The Morgan fingerprint density at radius 3 is 2.58 bits per heavy atom. The number of halogens is 2. The zero-order valence-corrected chi connectivity index (χ0v) is 15.8. The molecule has 24 heavy (non-hydrogen) atoms. The number of carbonyl (C=O) groups is 1. The molecule has 0 fully saturated rings. The summed E-state index contributed by atoms with van der Waals surface area (Å²) in [6.45, 7) is 1.39. The summed E-state index contributed by atoms with van der Waals surface area (Å²) in [5.74, 6) is 1.20. The molecule has 0 aliphatic carbocycles. The van der Waals surface area contributed by atoms with E-state index in [0.29, 0.717) is 22.3 Å². The second-order valence-electron chi connectivity index (χ2n) is 5.35. The predicted octanol–water partition coefficient (Wildman–Crippen LogP) is 4.48. The number of nitrogens with one attached hydrogen (secondary N) is 1. The van der Waals surface area contributed by atoms with Gasteiger partial charge in [-0.05, 0) is 29.8 Å². The van der Waals surface area contributed by atoms with Crippen molar-refractivity contribution in [3.05, 3.63) is 64.1 Å². The smallest absolute Gasteiger partial charge is 0.230 e. The average molecular weight is 383 g/mol. The molecule has 1 amide bonds. The van der Waals surface area contributed by atoms with Crippen LogP contribution in [0.3, 0.4) is 0 Å². The van der Waals surface area contributed by atoms with Crippen LogP contribution in [0, 0.1) is 0 Å². The second-order valence-corrected chi connectivity index (χ2v) is 7.15. The first-order chi connectivity index (χ1) is 11.6. The third-order valence-electron chi connectivity index (χ3n) is 3.45. The highest BCUT2D eigenvalue weighted by Gasteiger charge is 2.05. The van der Waals surface area contributed by atoms with E-state index < -0.39 is 0 Å². The van der Waals surface area contributed by atoms with Crippen molar-refractivity contribution in [3.8, 4) is 0 Å². The Morgan fingerprint density at radius 2 is 1.88 bits per heavy atom. The van der Waals surface area contributed by atoms with Gasteiger partial charge >= 0.3 is 0 Å². The van der Waals surface area contributed by atoms with E-state index in [0.717, 1.165) is 23.5 Å². The molecule has 0 unspecified atom stereocenters. The number of amides is 1. The maximum absolute atomic E-state index is 11.9. The summed E-state index contributed by atoms with van der Waals surface area (Å²) in [5.41, 5.74) is 2.20. The van der Waals surface area contributed by atoms with Crippen LogP contribution in [0.1, 0.15) is 5.56 Å². The second kappa shape index (κ2) is 9.82. The van der Waals surface area contributed by atoms with E-state index in [1.165, 1.54) is 0 Å². The lowest BCUT2D eigenvalue weighted by molar-refractivity contribution is -0.118. The van der Waals surface area contributed by atoms with Crippen LogP contribution < -0.4 is 10.2 Å². The normalized spacial score (nSPS) is 10.5. The Kier molecular flexibility index (Phi) is 7.76.